The third kappa shape index (κ3) is 8.81. The lowest BCUT2D eigenvalue weighted by Gasteiger charge is -2.09. The molecule has 1 aromatic rings. The van der Waals surface area contributed by atoms with Crippen molar-refractivity contribution in [3.63, 3.8) is 0 Å². The van der Waals surface area contributed by atoms with Gasteiger partial charge < -0.3 is 24.7 Å². The third-order valence-corrected chi connectivity index (χ3v) is 2.83. The summed E-state index contributed by atoms with van der Waals surface area (Å²) in [6.45, 7) is 5.73. The van der Waals surface area contributed by atoms with E-state index in [9.17, 15) is 4.39 Å². The molecule has 0 radical (unpaired) electrons. The van der Waals surface area contributed by atoms with Gasteiger partial charge in [-0.15, -0.1) is 0 Å². The topological polar surface area (TPSA) is 62.9 Å². The van der Waals surface area contributed by atoms with Crippen molar-refractivity contribution in [2.75, 3.05) is 52.0 Å². The molecule has 126 valence electrons. The highest BCUT2D eigenvalue weighted by molar-refractivity contribution is 5.42. The van der Waals surface area contributed by atoms with Gasteiger partial charge in [-0.3, -0.25) is 0 Å². The minimum atomic E-state index is -0.466. The molecule has 6 heteroatoms. The van der Waals surface area contributed by atoms with Crippen LogP contribution in [0.4, 0.5) is 10.1 Å². The zero-order chi connectivity index (χ0) is 16.0. The first-order chi connectivity index (χ1) is 10.7. The predicted octanol–water partition coefficient (Wildman–Crippen LogP) is 2.64. The molecule has 0 aromatic heterocycles. The van der Waals surface area contributed by atoms with Crippen molar-refractivity contribution in [1.29, 1.82) is 0 Å². The van der Waals surface area contributed by atoms with E-state index in [-0.39, 0.29) is 12.4 Å². The molecule has 1 aromatic carbocycles. The molecule has 0 saturated carbocycles. The molecule has 0 amide bonds. The van der Waals surface area contributed by atoms with E-state index in [1.807, 2.05) is 0 Å². The Labute approximate surface area is 131 Å². The largest absolute Gasteiger partial charge is 0.488 e. The summed E-state index contributed by atoms with van der Waals surface area (Å²) >= 11 is 0. The van der Waals surface area contributed by atoms with Gasteiger partial charge in [0.2, 0.25) is 0 Å². The minimum absolute atomic E-state index is 0.179. The molecule has 5 nitrogen and oxygen atoms in total. The molecule has 2 N–H and O–H groups in total. The summed E-state index contributed by atoms with van der Waals surface area (Å²) in [5.74, 6) is -0.287. The fourth-order valence-corrected chi connectivity index (χ4v) is 1.63. The lowest BCUT2D eigenvalue weighted by atomic mass is 10.3. The van der Waals surface area contributed by atoms with Crippen molar-refractivity contribution >= 4 is 5.69 Å². The average molecular weight is 315 g/mol. The standard InChI is InChI=1S/C16H26FNO4/c1-2-3-6-19-7-8-20-9-10-21-11-12-22-16-5-4-14(18)13-15(16)17/h4-5,13H,2-3,6-12,18H2,1H3. The molecular formula is C16H26FNO4. The van der Waals surface area contributed by atoms with Crippen molar-refractivity contribution in [3.05, 3.63) is 24.0 Å². The van der Waals surface area contributed by atoms with Gasteiger partial charge in [0.05, 0.1) is 33.0 Å². The molecular weight excluding hydrogens is 289 g/mol. The van der Waals surface area contributed by atoms with E-state index in [2.05, 4.69) is 6.92 Å². The van der Waals surface area contributed by atoms with E-state index in [0.29, 0.717) is 38.7 Å². The Morgan fingerprint density at radius 1 is 0.909 bits per heavy atom. The maximum absolute atomic E-state index is 13.4. The maximum Gasteiger partial charge on any atom is 0.167 e. The van der Waals surface area contributed by atoms with E-state index in [1.54, 1.807) is 6.07 Å². The zero-order valence-electron chi connectivity index (χ0n) is 13.2. The Bertz CT molecular complexity index is 404. The van der Waals surface area contributed by atoms with Gasteiger partial charge in [-0.2, -0.15) is 0 Å². The highest BCUT2D eigenvalue weighted by atomic mass is 19.1. The van der Waals surface area contributed by atoms with E-state index >= 15 is 0 Å². The van der Waals surface area contributed by atoms with Crippen molar-refractivity contribution in [1.82, 2.24) is 0 Å². The molecule has 0 heterocycles. The molecule has 22 heavy (non-hydrogen) atoms. The lowest BCUT2D eigenvalue weighted by molar-refractivity contribution is 0.00877. The summed E-state index contributed by atoms with van der Waals surface area (Å²) in [7, 11) is 0. The van der Waals surface area contributed by atoms with Crippen LogP contribution in [0.2, 0.25) is 0 Å². The Morgan fingerprint density at radius 3 is 2.09 bits per heavy atom. The number of nitrogen functional groups attached to an aromatic ring is 1. The summed E-state index contributed by atoms with van der Waals surface area (Å²) in [5.41, 5.74) is 5.82. The lowest BCUT2D eigenvalue weighted by Crippen LogP contribution is -2.13. The second-order valence-corrected chi connectivity index (χ2v) is 4.73. The van der Waals surface area contributed by atoms with Gasteiger partial charge in [-0.25, -0.2) is 4.39 Å². The first kappa shape index (κ1) is 18.7. The van der Waals surface area contributed by atoms with Crippen LogP contribution in [-0.2, 0) is 14.2 Å². The van der Waals surface area contributed by atoms with Gasteiger partial charge >= 0.3 is 0 Å². The molecule has 0 aliphatic heterocycles. The molecule has 0 spiro atoms. The maximum atomic E-state index is 13.4. The van der Waals surface area contributed by atoms with E-state index in [1.165, 1.54) is 12.1 Å². The quantitative estimate of drug-likeness (QED) is 0.448. The monoisotopic (exact) mass is 315 g/mol. The first-order valence-electron chi connectivity index (χ1n) is 7.65. The van der Waals surface area contributed by atoms with E-state index in [0.717, 1.165) is 19.4 Å². The normalized spacial score (nSPS) is 10.8. The van der Waals surface area contributed by atoms with Crippen molar-refractivity contribution in [2.45, 2.75) is 19.8 Å². The molecule has 0 aliphatic carbocycles. The van der Waals surface area contributed by atoms with Crippen LogP contribution in [0.5, 0.6) is 5.75 Å². The van der Waals surface area contributed by atoms with Crippen LogP contribution in [-0.4, -0.2) is 46.2 Å². The number of anilines is 1. The average Bonchev–Trinajstić information content (AvgIpc) is 2.50. The highest BCUT2D eigenvalue weighted by Crippen LogP contribution is 2.18. The van der Waals surface area contributed by atoms with E-state index < -0.39 is 5.82 Å². The molecule has 0 fully saturated rings. The van der Waals surface area contributed by atoms with Gasteiger partial charge in [0, 0.05) is 18.4 Å². The fourth-order valence-electron chi connectivity index (χ4n) is 1.63. The molecule has 1 rings (SSSR count). The second kappa shape index (κ2) is 12.2. The summed E-state index contributed by atoms with van der Waals surface area (Å²) in [4.78, 5) is 0. The van der Waals surface area contributed by atoms with Gasteiger partial charge in [-0.05, 0) is 18.6 Å². The molecule has 0 bridgehead atoms. The van der Waals surface area contributed by atoms with Crippen LogP contribution in [0.1, 0.15) is 19.8 Å². The molecule has 0 unspecified atom stereocenters. The van der Waals surface area contributed by atoms with Gasteiger partial charge in [0.15, 0.2) is 11.6 Å². The van der Waals surface area contributed by atoms with Crippen LogP contribution in [0.3, 0.4) is 0 Å². The summed E-state index contributed by atoms with van der Waals surface area (Å²) in [6, 6.07) is 4.33. The number of ether oxygens (including phenoxy) is 4. The Balaban J connectivity index is 1.89. The van der Waals surface area contributed by atoms with Crippen LogP contribution in [0.25, 0.3) is 0 Å². The summed E-state index contributed by atoms with van der Waals surface area (Å²) < 4.78 is 34.7. The number of rotatable bonds is 13. The number of hydrogen-bond donors (Lipinski definition) is 1. The Kier molecular flexibility index (Phi) is 10.4. The third-order valence-electron chi connectivity index (χ3n) is 2.83. The number of halogens is 1. The predicted molar refractivity (Wildman–Crippen MR) is 83.7 cm³/mol. The van der Waals surface area contributed by atoms with Gasteiger partial charge in [0.25, 0.3) is 0 Å². The molecule has 0 aliphatic rings. The van der Waals surface area contributed by atoms with Gasteiger partial charge in [0.1, 0.15) is 6.61 Å². The Hall–Kier alpha value is -1.37. The van der Waals surface area contributed by atoms with Crippen molar-refractivity contribution < 1.29 is 23.3 Å². The van der Waals surface area contributed by atoms with Crippen LogP contribution in [0.15, 0.2) is 18.2 Å². The zero-order valence-corrected chi connectivity index (χ0v) is 13.2. The second-order valence-electron chi connectivity index (χ2n) is 4.73. The number of nitrogens with two attached hydrogens (primary N) is 1. The minimum Gasteiger partial charge on any atom is -0.488 e. The summed E-state index contributed by atoms with van der Waals surface area (Å²) in [6.07, 6.45) is 2.22. The number of benzene rings is 1. The highest BCUT2D eigenvalue weighted by Gasteiger charge is 2.03. The number of hydrogen-bond acceptors (Lipinski definition) is 5. The van der Waals surface area contributed by atoms with Crippen LogP contribution in [0, 0.1) is 5.82 Å². The summed E-state index contributed by atoms with van der Waals surface area (Å²) in [5, 5.41) is 0. The smallest absolute Gasteiger partial charge is 0.167 e. The molecule has 0 atom stereocenters. The number of unbranched alkanes of at least 4 members (excludes halogenated alkanes) is 1. The van der Waals surface area contributed by atoms with Crippen molar-refractivity contribution in [3.8, 4) is 5.75 Å². The fraction of sp³-hybridized carbons (Fsp3) is 0.625. The van der Waals surface area contributed by atoms with Crippen LogP contribution >= 0.6 is 0 Å². The molecule has 0 saturated heterocycles. The van der Waals surface area contributed by atoms with Gasteiger partial charge in [-0.1, -0.05) is 13.3 Å². The Morgan fingerprint density at radius 2 is 1.50 bits per heavy atom. The first-order valence-corrected chi connectivity index (χ1v) is 7.65. The SMILES string of the molecule is CCCCOCCOCCOCCOc1ccc(N)cc1F. The van der Waals surface area contributed by atoms with E-state index in [4.69, 9.17) is 24.7 Å². The van der Waals surface area contributed by atoms with Crippen molar-refractivity contribution in [2.24, 2.45) is 0 Å². The van der Waals surface area contributed by atoms with Crippen LogP contribution < -0.4 is 10.5 Å².